The fourth-order valence-electron chi connectivity index (χ4n) is 2.30. The van der Waals surface area contributed by atoms with Crippen LogP contribution in [-0.2, 0) is 10.0 Å². The molecule has 2 aromatic carbocycles. The summed E-state index contributed by atoms with van der Waals surface area (Å²) in [5.41, 5.74) is 0.419. The summed E-state index contributed by atoms with van der Waals surface area (Å²) in [7, 11) is -2.99. The Morgan fingerprint density at radius 1 is 1.18 bits per heavy atom. The van der Waals surface area contributed by atoms with Crippen molar-refractivity contribution in [2.45, 2.75) is 4.90 Å². The van der Waals surface area contributed by atoms with Gasteiger partial charge in [-0.2, -0.15) is 10.4 Å². The first-order valence-corrected chi connectivity index (χ1v) is 9.20. The molecule has 0 bridgehead atoms. The standard InChI is InChI=1S/C17H13F2N5O3S/c1-27-12-5-3-11(4-6-12)21-16-13(9-20)17(23-22-16)24-28(25,26)15-8-10(18)2-7-14(15)19/h2-8H,1H3,(H3,21,22,23,24). The minimum absolute atomic E-state index is 0.116. The molecule has 0 spiro atoms. The van der Waals surface area contributed by atoms with Crippen molar-refractivity contribution in [3.63, 3.8) is 0 Å². The number of aromatic amines is 1. The van der Waals surface area contributed by atoms with E-state index in [1.54, 1.807) is 24.3 Å². The van der Waals surface area contributed by atoms with Gasteiger partial charge >= 0.3 is 0 Å². The van der Waals surface area contributed by atoms with Crippen molar-refractivity contribution in [2.75, 3.05) is 17.1 Å². The normalized spacial score (nSPS) is 10.9. The summed E-state index contributed by atoms with van der Waals surface area (Å²) in [5, 5.41) is 18.5. The maximum atomic E-state index is 13.8. The predicted molar refractivity (Wildman–Crippen MR) is 96.7 cm³/mol. The molecule has 1 aromatic heterocycles. The monoisotopic (exact) mass is 405 g/mol. The van der Waals surface area contributed by atoms with E-state index in [1.165, 1.54) is 7.11 Å². The molecule has 0 radical (unpaired) electrons. The molecule has 144 valence electrons. The van der Waals surface area contributed by atoms with Gasteiger partial charge in [0.2, 0.25) is 0 Å². The number of nitrogens with zero attached hydrogens (tertiary/aromatic N) is 2. The molecule has 0 unspecified atom stereocenters. The van der Waals surface area contributed by atoms with Crippen LogP contribution in [-0.4, -0.2) is 25.7 Å². The van der Waals surface area contributed by atoms with E-state index in [9.17, 15) is 22.5 Å². The smallest absolute Gasteiger partial charge is 0.266 e. The number of nitriles is 1. The largest absolute Gasteiger partial charge is 0.497 e. The van der Waals surface area contributed by atoms with E-state index >= 15 is 0 Å². The number of rotatable bonds is 6. The molecule has 0 atom stereocenters. The van der Waals surface area contributed by atoms with Crippen LogP contribution in [0, 0.1) is 23.0 Å². The summed E-state index contributed by atoms with van der Waals surface area (Å²) >= 11 is 0. The molecule has 0 saturated carbocycles. The molecule has 3 aromatic rings. The van der Waals surface area contributed by atoms with E-state index in [2.05, 4.69) is 15.5 Å². The van der Waals surface area contributed by atoms with Crippen LogP contribution in [0.1, 0.15) is 5.56 Å². The Labute approximate surface area is 158 Å². The zero-order chi connectivity index (χ0) is 20.3. The molecular formula is C17H13F2N5O3S. The van der Waals surface area contributed by atoms with Gasteiger partial charge in [0.25, 0.3) is 10.0 Å². The second-order valence-corrected chi connectivity index (χ2v) is 7.12. The highest BCUT2D eigenvalue weighted by Gasteiger charge is 2.24. The van der Waals surface area contributed by atoms with Crippen molar-refractivity contribution in [2.24, 2.45) is 0 Å². The highest BCUT2D eigenvalue weighted by molar-refractivity contribution is 7.92. The Kier molecular flexibility index (Phi) is 5.14. The topological polar surface area (TPSA) is 120 Å². The molecule has 11 heteroatoms. The van der Waals surface area contributed by atoms with Gasteiger partial charge in [0, 0.05) is 5.69 Å². The number of hydrogen-bond acceptors (Lipinski definition) is 6. The van der Waals surface area contributed by atoms with Crippen molar-refractivity contribution in [1.29, 1.82) is 5.26 Å². The molecule has 0 amide bonds. The number of nitrogens with one attached hydrogen (secondary N) is 3. The summed E-state index contributed by atoms with van der Waals surface area (Å²) in [6, 6.07) is 10.5. The van der Waals surface area contributed by atoms with E-state index in [-0.39, 0.29) is 17.2 Å². The third kappa shape index (κ3) is 3.86. The highest BCUT2D eigenvalue weighted by atomic mass is 32.2. The first-order valence-electron chi connectivity index (χ1n) is 7.71. The molecule has 1 heterocycles. The molecule has 3 N–H and O–H groups in total. The third-order valence-corrected chi connectivity index (χ3v) is 5.01. The number of ether oxygens (including phenoxy) is 1. The molecule has 8 nitrogen and oxygen atoms in total. The van der Waals surface area contributed by atoms with E-state index in [0.717, 1.165) is 6.07 Å². The molecule has 0 aliphatic carbocycles. The van der Waals surface area contributed by atoms with Gasteiger partial charge in [-0.3, -0.25) is 9.82 Å². The first kappa shape index (κ1) is 19.1. The molecule has 3 rings (SSSR count). The average Bonchev–Trinajstić information content (AvgIpc) is 3.04. The van der Waals surface area contributed by atoms with Crippen molar-refractivity contribution in [1.82, 2.24) is 10.2 Å². The van der Waals surface area contributed by atoms with E-state index in [4.69, 9.17) is 4.74 Å². The second kappa shape index (κ2) is 7.53. The summed E-state index contributed by atoms with van der Waals surface area (Å²) < 4.78 is 58.9. The summed E-state index contributed by atoms with van der Waals surface area (Å²) in [6.45, 7) is 0. The lowest BCUT2D eigenvalue weighted by Gasteiger charge is -2.08. The Morgan fingerprint density at radius 2 is 1.89 bits per heavy atom. The minimum atomic E-state index is -4.51. The van der Waals surface area contributed by atoms with Crippen LogP contribution in [0.3, 0.4) is 0 Å². The molecule has 0 saturated heterocycles. The Hall–Kier alpha value is -3.65. The number of methoxy groups -OCH3 is 1. The highest BCUT2D eigenvalue weighted by Crippen LogP contribution is 2.27. The van der Waals surface area contributed by atoms with Crippen molar-refractivity contribution >= 4 is 27.3 Å². The van der Waals surface area contributed by atoms with Crippen LogP contribution >= 0.6 is 0 Å². The van der Waals surface area contributed by atoms with Crippen LogP contribution in [0.15, 0.2) is 47.4 Å². The maximum Gasteiger partial charge on any atom is 0.266 e. The Balaban J connectivity index is 1.89. The number of benzene rings is 2. The van der Waals surface area contributed by atoms with Crippen LogP contribution in [0.2, 0.25) is 0 Å². The first-order chi connectivity index (χ1) is 13.3. The molecule has 28 heavy (non-hydrogen) atoms. The summed E-state index contributed by atoms with van der Waals surface area (Å²) in [6.07, 6.45) is 0. The van der Waals surface area contributed by atoms with Gasteiger partial charge in [-0.1, -0.05) is 0 Å². The van der Waals surface area contributed by atoms with E-state index < -0.39 is 26.6 Å². The van der Waals surface area contributed by atoms with Gasteiger partial charge in [0.1, 0.15) is 39.7 Å². The molecular weight excluding hydrogens is 392 g/mol. The van der Waals surface area contributed by atoms with Crippen LogP contribution in [0.4, 0.5) is 26.1 Å². The number of anilines is 3. The maximum absolute atomic E-state index is 13.8. The summed E-state index contributed by atoms with van der Waals surface area (Å²) in [5.74, 6) is -1.68. The minimum Gasteiger partial charge on any atom is -0.497 e. The molecule has 0 aliphatic heterocycles. The SMILES string of the molecule is COc1ccc(Nc2[nH]nc(NS(=O)(=O)c3cc(F)ccc3F)c2C#N)cc1. The van der Waals surface area contributed by atoms with Crippen molar-refractivity contribution in [3.8, 4) is 11.8 Å². The second-order valence-electron chi connectivity index (χ2n) is 5.47. The van der Waals surface area contributed by atoms with Gasteiger partial charge in [-0.05, 0) is 42.5 Å². The third-order valence-electron chi connectivity index (χ3n) is 3.65. The van der Waals surface area contributed by atoms with Gasteiger partial charge in [0.15, 0.2) is 5.82 Å². The number of sulfonamides is 1. The molecule has 0 fully saturated rings. The number of aromatic nitrogens is 2. The van der Waals surface area contributed by atoms with Gasteiger partial charge in [0.05, 0.1) is 7.11 Å². The average molecular weight is 405 g/mol. The zero-order valence-electron chi connectivity index (χ0n) is 14.3. The lowest BCUT2D eigenvalue weighted by Crippen LogP contribution is -2.16. The number of H-pyrrole nitrogens is 1. The molecule has 0 aliphatic rings. The van der Waals surface area contributed by atoms with Gasteiger partial charge in [-0.25, -0.2) is 17.2 Å². The fraction of sp³-hybridized carbons (Fsp3) is 0.0588. The van der Waals surface area contributed by atoms with Crippen molar-refractivity contribution < 1.29 is 21.9 Å². The quantitative estimate of drug-likeness (QED) is 0.580. The van der Waals surface area contributed by atoms with E-state index in [0.29, 0.717) is 23.6 Å². The van der Waals surface area contributed by atoms with Crippen LogP contribution < -0.4 is 14.8 Å². The van der Waals surface area contributed by atoms with Gasteiger partial charge in [-0.15, -0.1) is 0 Å². The zero-order valence-corrected chi connectivity index (χ0v) is 15.1. The van der Waals surface area contributed by atoms with Crippen LogP contribution in [0.25, 0.3) is 0 Å². The predicted octanol–water partition coefficient (Wildman–Crippen LogP) is 3.11. The lowest BCUT2D eigenvalue weighted by atomic mass is 10.3. The van der Waals surface area contributed by atoms with Crippen LogP contribution in [0.5, 0.6) is 5.75 Å². The van der Waals surface area contributed by atoms with Gasteiger partial charge < -0.3 is 10.1 Å². The summed E-state index contributed by atoms with van der Waals surface area (Å²) in [4.78, 5) is -0.899. The van der Waals surface area contributed by atoms with Crippen molar-refractivity contribution in [3.05, 3.63) is 59.7 Å². The fourth-order valence-corrected chi connectivity index (χ4v) is 3.40. The Morgan fingerprint density at radius 3 is 2.54 bits per heavy atom. The van der Waals surface area contributed by atoms with E-state index in [1.807, 2.05) is 10.8 Å². The number of hydrogen-bond donors (Lipinski definition) is 3. The number of halogens is 2. The lowest BCUT2D eigenvalue weighted by molar-refractivity contribution is 0.415. The Bertz CT molecular complexity index is 1150.